The van der Waals surface area contributed by atoms with Gasteiger partial charge in [-0.25, -0.2) is 4.79 Å². The van der Waals surface area contributed by atoms with E-state index in [0.717, 1.165) is 11.3 Å². The van der Waals surface area contributed by atoms with E-state index in [1.54, 1.807) is 11.8 Å². The summed E-state index contributed by atoms with van der Waals surface area (Å²) < 4.78 is 0. The first-order chi connectivity index (χ1) is 11.1. The Balaban J connectivity index is 1.92. The van der Waals surface area contributed by atoms with Crippen molar-refractivity contribution in [1.82, 2.24) is 5.32 Å². The molecule has 0 radical (unpaired) electrons. The molecule has 1 heterocycles. The van der Waals surface area contributed by atoms with Gasteiger partial charge in [0.15, 0.2) is 5.78 Å². The number of carbonyl (C=O) groups is 2. The first-order valence-electron chi connectivity index (χ1n) is 7.51. The summed E-state index contributed by atoms with van der Waals surface area (Å²) in [6.45, 7) is 4.02. The van der Waals surface area contributed by atoms with Gasteiger partial charge >= 0.3 is 6.03 Å². The lowest BCUT2D eigenvalue weighted by atomic mass is 9.99. The van der Waals surface area contributed by atoms with Crippen LogP contribution in [0.4, 0.5) is 10.5 Å². The molecule has 0 fully saturated rings. The zero-order valence-corrected chi connectivity index (χ0v) is 13.2. The summed E-state index contributed by atoms with van der Waals surface area (Å²) in [5, 5.41) is 2.79. The number of para-hydroxylation sites is 1. The molecule has 0 unspecified atom stereocenters. The first kappa shape index (κ1) is 15.0. The van der Waals surface area contributed by atoms with Crippen LogP contribution in [0.15, 0.2) is 65.9 Å². The molecular formula is C19H18N2O2. The standard InChI is InChI=1S/C19H18N2O2/c1-13-8-10-15(11-9-13)18(22)17-12-21(19(23)20-14(17)2)16-6-4-3-5-7-16/h3-11H,12H2,1-2H3,(H,20,23). The Morgan fingerprint density at radius 1 is 1.00 bits per heavy atom. The highest BCUT2D eigenvalue weighted by Gasteiger charge is 2.28. The van der Waals surface area contributed by atoms with Gasteiger partial charge in [-0.3, -0.25) is 9.69 Å². The molecule has 0 spiro atoms. The zero-order valence-electron chi connectivity index (χ0n) is 13.2. The predicted octanol–water partition coefficient (Wildman–Crippen LogP) is 3.68. The Bertz CT molecular complexity index is 777. The minimum Gasteiger partial charge on any atom is -0.311 e. The molecule has 0 saturated carbocycles. The van der Waals surface area contributed by atoms with Crippen LogP contribution in [0, 0.1) is 6.92 Å². The number of urea groups is 1. The van der Waals surface area contributed by atoms with Gasteiger partial charge in [0.1, 0.15) is 0 Å². The number of anilines is 1. The lowest BCUT2D eigenvalue weighted by molar-refractivity contribution is 0.103. The Morgan fingerprint density at radius 2 is 1.65 bits per heavy atom. The van der Waals surface area contributed by atoms with Crippen LogP contribution < -0.4 is 10.2 Å². The summed E-state index contributed by atoms with van der Waals surface area (Å²) in [7, 11) is 0. The molecule has 23 heavy (non-hydrogen) atoms. The third-order valence-corrected chi connectivity index (χ3v) is 3.96. The molecule has 0 saturated heterocycles. The number of benzene rings is 2. The van der Waals surface area contributed by atoms with Crippen molar-refractivity contribution >= 4 is 17.5 Å². The number of nitrogens with zero attached hydrogens (tertiary/aromatic N) is 1. The van der Waals surface area contributed by atoms with Crippen LogP contribution in [0.5, 0.6) is 0 Å². The third kappa shape index (κ3) is 3.01. The molecule has 1 aliphatic heterocycles. The van der Waals surface area contributed by atoms with Crippen LogP contribution >= 0.6 is 0 Å². The van der Waals surface area contributed by atoms with Gasteiger partial charge in [0.2, 0.25) is 0 Å². The van der Waals surface area contributed by atoms with Gasteiger partial charge in [-0.05, 0) is 26.0 Å². The first-order valence-corrected chi connectivity index (χ1v) is 7.51. The maximum absolute atomic E-state index is 12.8. The summed E-state index contributed by atoms with van der Waals surface area (Å²) in [6, 6.07) is 16.6. The highest BCUT2D eigenvalue weighted by Crippen LogP contribution is 2.22. The number of hydrogen-bond donors (Lipinski definition) is 1. The summed E-state index contributed by atoms with van der Waals surface area (Å²) in [6.07, 6.45) is 0. The van der Waals surface area contributed by atoms with Gasteiger partial charge in [0.05, 0.1) is 6.54 Å². The van der Waals surface area contributed by atoms with Crippen LogP contribution in [-0.4, -0.2) is 18.4 Å². The van der Waals surface area contributed by atoms with Gasteiger partial charge in [-0.1, -0.05) is 48.0 Å². The summed E-state index contributed by atoms with van der Waals surface area (Å²) in [5.41, 5.74) is 3.74. The topological polar surface area (TPSA) is 49.4 Å². The van der Waals surface area contributed by atoms with Gasteiger partial charge in [0.25, 0.3) is 0 Å². The van der Waals surface area contributed by atoms with E-state index in [1.165, 1.54) is 0 Å². The van der Waals surface area contributed by atoms with E-state index in [4.69, 9.17) is 0 Å². The van der Waals surface area contributed by atoms with Crippen LogP contribution in [-0.2, 0) is 0 Å². The number of hydrogen-bond acceptors (Lipinski definition) is 2. The quantitative estimate of drug-likeness (QED) is 0.879. The minimum absolute atomic E-state index is 0.0524. The maximum Gasteiger partial charge on any atom is 0.326 e. The lowest BCUT2D eigenvalue weighted by Crippen LogP contribution is -2.46. The second kappa shape index (κ2) is 6.08. The minimum atomic E-state index is -0.214. The van der Waals surface area contributed by atoms with E-state index in [2.05, 4.69) is 5.32 Å². The van der Waals surface area contributed by atoms with Crippen molar-refractivity contribution in [2.24, 2.45) is 0 Å². The van der Waals surface area contributed by atoms with Crippen molar-refractivity contribution in [2.75, 3.05) is 11.4 Å². The van der Waals surface area contributed by atoms with E-state index in [0.29, 0.717) is 16.8 Å². The fraction of sp³-hybridized carbons (Fsp3) is 0.158. The second-order valence-electron chi connectivity index (χ2n) is 5.65. The van der Waals surface area contributed by atoms with Crippen molar-refractivity contribution in [2.45, 2.75) is 13.8 Å². The zero-order chi connectivity index (χ0) is 16.4. The highest BCUT2D eigenvalue weighted by atomic mass is 16.2. The van der Waals surface area contributed by atoms with Crippen molar-refractivity contribution in [1.29, 1.82) is 0 Å². The number of carbonyl (C=O) groups excluding carboxylic acids is 2. The predicted molar refractivity (Wildman–Crippen MR) is 90.5 cm³/mol. The van der Waals surface area contributed by atoms with Gasteiger partial charge in [-0.15, -0.1) is 0 Å². The van der Waals surface area contributed by atoms with Crippen LogP contribution in [0.2, 0.25) is 0 Å². The van der Waals surface area contributed by atoms with Crippen molar-refractivity contribution in [3.8, 4) is 0 Å². The number of ketones is 1. The number of amides is 2. The molecule has 2 aromatic rings. The van der Waals surface area contributed by atoms with Crippen LogP contribution in [0.1, 0.15) is 22.8 Å². The molecule has 4 heteroatoms. The molecule has 0 bridgehead atoms. The number of Topliss-reactive ketones (excluding diaryl/α,β-unsaturated/α-hetero) is 1. The smallest absolute Gasteiger partial charge is 0.311 e. The van der Waals surface area contributed by atoms with Gasteiger partial charge < -0.3 is 5.32 Å². The average molecular weight is 306 g/mol. The largest absolute Gasteiger partial charge is 0.326 e. The molecule has 4 nitrogen and oxygen atoms in total. The average Bonchev–Trinajstić information content (AvgIpc) is 2.56. The van der Waals surface area contributed by atoms with E-state index in [1.807, 2.05) is 61.5 Å². The number of rotatable bonds is 3. The van der Waals surface area contributed by atoms with Crippen molar-refractivity contribution in [3.05, 3.63) is 77.0 Å². The molecule has 1 aliphatic rings. The van der Waals surface area contributed by atoms with E-state index < -0.39 is 0 Å². The Hall–Kier alpha value is -2.88. The van der Waals surface area contributed by atoms with Crippen molar-refractivity contribution < 1.29 is 9.59 Å². The maximum atomic E-state index is 12.8. The summed E-state index contributed by atoms with van der Waals surface area (Å²) >= 11 is 0. The van der Waals surface area contributed by atoms with E-state index in [-0.39, 0.29) is 18.4 Å². The van der Waals surface area contributed by atoms with E-state index >= 15 is 0 Å². The summed E-state index contributed by atoms with van der Waals surface area (Å²) in [5.74, 6) is -0.0524. The molecule has 0 aliphatic carbocycles. The number of nitrogens with one attached hydrogen (secondary N) is 1. The highest BCUT2D eigenvalue weighted by molar-refractivity contribution is 6.12. The number of allylic oxidation sites excluding steroid dienone is 1. The van der Waals surface area contributed by atoms with Crippen LogP contribution in [0.25, 0.3) is 0 Å². The fourth-order valence-electron chi connectivity index (χ4n) is 2.59. The second-order valence-corrected chi connectivity index (χ2v) is 5.65. The van der Waals surface area contributed by atoms with Crippen LogP contribution in [0.3, 0.4) is 0 Å². The van der Waals surface area contributed by atoms with Gasteiger partial charge in [0, 0.05) is 22.5 Å². The number of aryl methyl sites for hydroxylation is 1. The van der Waals surface area contributed by atoms with E-state index in [9.17, 15) is 9.59 Å². The Morgan fingerprint density at radius 3 is 2.30 bits per heavy atom. The Kier molecular flexibility index (Phi) is 3.98. The fourth-order valence-corrected chi connectivity index (χ4v) is 2.59. The Labute approximate surface area is 135 Å². The monoisotopic (exact) mass is 306 g/mol. The molecule has 116 valence electrons. The molecule has 1 N–H and O–H groups in total. The normalized spacial score (nSPS) is 14.7. The lowest BCUT2D eigenvalue weighted by Gasteiger charge is -2.30. The molecule has 0 aromatic heterocycles. The molecule has 0 atom stereocenters. The molecule has 2 amide bonds. The molecule has 3 rings (SSSR count). The summed E-state index contributed by atoms with van der Waals surface area (Å²) in [4.78, 5) is 26.6. The SMILES string of the molecule is CC1=C(C(=O)c2ccc(C)cc2)CN(c2ccccc2)C(=O)N1. The molecular weight excluding hydrogens is 288 g/mol. The molecule has 2 aromatic carbocycles. The third-order valence-electron chi connectivity index (χ3n) is 3.96. The van der Waals surface area contributed by atoms with Crippen molar-refractivity contribution in [3.63, 3.8) is 0 Å². The van der Waals surface area contributed by atoms with Gasteiger partial charge in [-0.2, -0.15) is 0 Å².